The van der Waals surface area contributed by atoms with Crippen molar-refractivity contribution in [1.82, 2.24) is 4.90 Å². The number of halogens is 1. The molecule has 150 valence electrons. The van der Waals surface area contributed by atoms with Gasteiger partial charge in [0.1, 0.15) is 17.9 Å². The number of benzene rings is 1. The number of carbonyl (C=O) groups is 3. The van der Waals surface area contributed by atoms with E-state index >= 15 is 0 Å². The van der Waals surface area contributed by atoms with Gasteiger partial charge in [-0.05, 0) is 24.6 Å². The highest BCUT2D eigenvalue weighted by molar-refractivity contribution is 6.06. The molecule has 9 heteroatoms. The molecule has 2 amide bonds. The lowest BCUT2D eigenvalue weighted by Gasteiger charge is -2.35. The second-order valence-electron chi connectivity index (χ2n) is 6.75. The summed E-state index contributed by atoms with van der Waals surface area (Å²) in [5.41, 5.74) is 9.30. The van der Waals surface area contributed by atoms with Crippen molar-refractivity contribution in [3.05, 3.63) is 59.6 Å². The molecule has 1 aromatic carbocycles. The van der Waals surface area contributed by atoms with Crippen molar-refractivity contribution in [3.8, 4) is 6.07 Å². The topological polar surface area (TPSA) is 140 Å². The number of fused-ring (bicyclic) bond motifs is 1. The average molecular weight is 398 g/mol. The van der Waals surface area contributed by atoms with Crippen molar-refractivity contribution in [2.24, 2.45) is 16.9 Å². The molecule has 29 heavy (non-hydrogen) atoms. The van der Waals surface area contributed by atoms with E-state index in [0.29, 0.717) is 0 Å². The Morgan fingerprint density at radius 3 is 2.55 bits per heavy atom. The molecule has 2 heterocycles. The fourth-order valence-electron chi connectivity index (χ4n) is 4.24. The van der Waals surface area contributed by atoms with Crippen molar-refractivity contribution < 1.29 is 23.5 Å². The van der Waals surface area contributed by atoms with Crippen LogP contribution < -0.4 is 11.5 Å². The highest BCUT2D eigenvalue weighted by atomic mass is 19.1. The number of nitrogens with two attached hydrogens (primary N) is 2. The van der Waals surface area contributed by atoms with Crippen LogP contribution in [0.15, 0.2) is 48.2 Å². The van der Waals surface area contributed by atoms with Crippen LogP contribution in [0.4, 0.5) is 4.39 Å². The summed E-state index contributed by atoms with van der Waals surface area (Å²) in [5, 5.41) is 9.24. The maximum atomic E-state index is 14.8. The molecule has 4 atom stereocenters. The highest BCUT2D eigenvalue weighted by Gasteiger charge is 2.69. The molecule has 1 aromatic rings. The van der Waals surface area contributed by atoms with Crippen LogP contribution in [0.3, 0.4) is 0 Å². The summed E-state index contributed by atoms with van der Waals surface area (Å²) in [7, 11) is 0. The maximum Gasteiger partial charge on any atom is 0.324 e. The van der Waals surface area contributed by atoms with Gasteiger partial charge in [-0.3, -0.25) is 14.4 Å². The smallest absolute Gasteiger partial charge is 0.324 e. The Morgan fingerprint density at radius 2 is 2.00 bits per heavy atom. The van der Waals surface area contributed by atoms with Crippen LogP contribution in [0, 0.1) is 22.6 Å². The fourth-order valence-corrected chi connectivity index (χ4v) is 4.24. The van der Waals surface area contributed by atoms with E-state index in [4.69, 9.17) is 16.2 Å². The number of ether oxygens (including phenoxy) is 1. The first-order valence-electron chi connectivity index (χ1n) is 8.89. The quantitative estimate of drug-likeness (QED) is 0.545. The molecule has 2 aliphatic rings. The number of carbonyl (C=O) groups excluding carboxylic acids is 3. The predicted molar refractivity (Wildman–Crippen MR) is 98.8 cm³/mol. The first-order valence-corrected chi connectivity index (χ1v) is 8.89. The van der Waals surface area contributed by atoms with Crippen molar-refractivity contribution in [2.45, 2.75) is 24.9 Å². The van der Waals surface area contributed by atoms with Gasteiger partial charge in [-0.25, -0.2) is 4.39 Å². The SMILES string of the molecule is CCOC(=O)C1(C(N)=O)C(c2ccccc2F)C(C(N)=O)N2C=C(C#N)C=CC21. The Labute approximate surface area is 166 Å². The van der Waals surface area contributed by atoms with Gasteiger partial charge in [-0.15, -0.1) is 0 Å². The number of nitrogens with zero attached hydrogens (tertiary/aromatic N) is 2. The van der Waals surface area contributed by atoms with Gasteiger partial charge < -0.3 is 21.1 Å². The van der Waals surface area contributed by atoms with Gasteiger partial charge in [-0.2, -0.15) is 5.26 Å². The van der Waals surface area contributed by atoms with Crippen LogP contribution in [0.1, 0.15) is 18.4 Å². The van der Waals surface area contributed by atoms with Crippen molar-refractivity contribution in [3.63, 3.8) is 0 Å². The predicted octanol–water partition coefficient (Wildman–Crippen LogP) is 0.459. The summed E-state index contributed by atoms with van der Waals surface area (Å²) in [6.45, 7) is 1.49. The first-order chi connectivity index (χ1) is 13.8. The van der Waals surface area contributed by atoms with E-state index in [1.54, 1.807) is 6.92 Å². The van der Waals surface area contributed by atoms with Crippen LogP contribution in [0.5, 0.6) is 0 Å². The van der Waals surface area contributed by atoms with Gasteiger partial charge in [-0.1, -0.05) is 24.3 Å². The third-order valence-corrected chi connectivity index (χ3v) is 5.34. The minimum absolute atomic E-state index is 0.0607. The minimum atomic E-state index is -2.13. The molecule has 4 unspecified atom stereocenters. The lowest BCUT2D eigenvalue weighted by Crippen LogP contribution is -2.55. The molecule has 0 aliphatic carbocycles. The number of hydrogen-bond acceptors (Lipinski definition) is 6. The zero-order valence-corrected chi connectivity index (χ0v) is 15.5. The molecule has 0 aromatic heterocycles. The number of allylic oxidation sites excluding steroid dienone is 2. The van der Waals surface area contributed by atoms with Crippen LogP contribution in [0.2, 0.25) is 0 Å². The van der Waals surface area contributed by atoms with Crippen molar-refractivity contribution in [1.29, 1.82) is 5.26 Å². The van der Waals surface area contributed by atoms with E-state index in [0.717, 1.165) is 6.07 Å². The van der Waals surface area contributed by atoms with Crippen molar-refractivity contribution in [2.75, 3.05) is 6.61 Å². The van der Waals surface area contributed by atoms with E-state index in [1.807, 2.05) is 6.07 Å². The number of hydrogen-bond donors (Lipinski definition) is 2. The summed E-state index contributed by atoms with van der Waals surface area (Å²) in [5.74, 6) is -5.06. The highest BCUT2D eigenvalue weighted by Crippen LogP contribution is 2.54. The Bertz CT molecular complexity index is 983. The summed E-state index contributed by atoms with van der Waals surface area (Å²) < 4.78 is 19.9. The van der Waals surface area contributed by atoms with E-state index in [-0.39, 0.29) is 17.7 Å². The molecule has 0 bridgehead atoms. The molecular weight excluding hydrogens is 379 g/mol. The molecular formula is C20H19FN4O4. The Balaban J connectivity index is 2.37. The van der Waals surface area contributed by atoms with Crippen LogP contribution in [-0.2, 0) is 19.1 Å². The van der Waals surface area contributed by atoms with Gasteiger partial charge in [0.2, 0.25) is 11.8 Å². The van der Waals surface area contributed by atoms with Crippen molar-refractivity contribution >= 4 is 17.8 Å². The molecule has 4 N–H and O–H groups in total. The number of primary amides is 2. The molecule has 8 nitrogen and oxygen atoms in total. The van der Waals surface area contributed by atoms with E-state index in [9.17, 15) is 24.0 Å². The standard InChI is InChI=1S/C20H19FN4O4/c1-2-29-19(28)20(18(24)27)14-8-7-11(9-22)10-25(14)16(17(23)26)15(20)12-5-3-4-6-13(12)21/h3-8,10,14-16H,2H2,1H3,(H2,23,26)(H2,24,27). The normalized spacial score (nSPS) is 27.6. The zero-order valence-electron chi connectivity index (χ0n) is 15.5. The molecule has 0 spiro atoms. The first kappa shape index (κ1) is 20.1. The molecule has 1 fully saturated rings. The Morgan fingerprint density at radius 1 is 1.31 bits per heavy atom. The molecule has 0 saturated carbocycles. The van der Waals surface area contributed by atoms with Crippen LogP contribution >= 0.6 is 0 Å². The van der Waals surface area contributed by atoms with Gasteiger partial charge >= 0.3 is 5.97 Å². The van der Waals surface area contributed by atoms with E-state index in [2.05, 4.69) is 0 Å². The molecule has 1 saturated heterocycles. The maximum absolute atomic E-state index is 14.8. The average Bonchev–Trinajstić information content (AvgIpc) is 2.99. The number of nitriles is 1. The minimum Gasteiger partial charge on any atom is -0.465 e. The summed E-state index contributed by atoms with van der Waals surface area (Å²) >= 11 is 0. The third-order valence-electron chi connectivity index (χ3n) is 5.34. The van der Waals surface area contributed by atoms with Crippen LogP contribution in [0.25, 0.3) is 0 Å². The molecule has 2 aliphatic heterocycles. The number of esters is 1. The lowest BCUT2D eigenvalue weighted by atomic mass is 9.67. The van der Waals surface area contributed by atoms with Crippen LogP contribution in [-0.4, -0.2) is 41.4 Å². The monoisotopic (exact) mass is 398 g/mol. The second kappa shape index (κ2) is 7.39. The lowest BCUT2D eigenvalue weighted by molar-refractivity contribution is -0.161. The Kier molecular flexibility index (Phi) is 5.12. The molecule has 3 rings (SSSR count). The van der Waals surface area contributed by atoms with Gasteiger partial charge in [0.25, 0.3) is 0 Å². The summed E-state index contributed by atoms with van der Waals surface area (Å²) in [6, 6.07) is 4.98. The third kappa shape index (κ3) is 2.84. The number of rotatable bonds is 5. The largest absolute Gasteiger partial charge is 0.465 e. The Hall–Kier alpha value is -3.67. The van der Waals surface area contributed by atoms with E-state index < -0.39 is 47.0 Å². The van der Waals surface area contributed by atoms with Gasteiger partial charge in [0, 0.05) is 12.1 Å². The van der Waals surface area contributed by atoms with Gasteiger partial charge in [0.05, 0.1) is 18.2 Å². The summed E-state index contributed by atoms with van der Waals surface area (Å²) in [4.78, 5) is 39.7. The van der Waals surface area contributed by atoms with Gasteiger partial charge in [0.15, 0.2) is 5.41 Å². The fraction of sp³-hybridized carbons (Fsp3) is 0.300. The van der Waals surface area contributed by atoms with E-state index in [1.165, 1.54) is 41.5 Å². The number of amides is 2. The second-order valence-corrected chi connectivity index (χ2v) is 6.75. The summed E-state index contributed by atoms with van der Waals surface area (Å²) in [6.07, 6.45) is 4.13. The molecule has 0 radical (unpaired) electrons. The zero-order chi connectivity index (χ0) is 21.3.